The van der Waals surface area contributed by atoms with Gasteiger partial charge in [-0.1, -0.05) is 48.5 Å². The lowest BCUT2D eigenvalue weighted by Gasteiger charge is -2.15. The van der Waals surface area contributed by atoms with Gasteiger partial charge in [0, 0.05) is 17.4 Å². The summed E-state index contributed by atoms with van der Waals surface area (Å²) in [7, 11) is 0. The normalized spacial score (nSPS) is 15.5. The fourth-order valence-corrected chi connectivity index (χ4v) is 4.43. The van der Waals surface area contributed by atoms with Crippen molar-refractivity contribution in [2.75, 3.05) is 0 Å². The third kappa shape index (κ3) is 2.86. The van der Waals surface area contributed by atoms with Crippen LogP contribution in [0.5, 0.6) is 5.88 Å². The molecule has 2 heterocycles. The number of aromatic hydroxyl groups is 1. The van der Waals surface area contributed by atoms with Gasteiger partial charge in [0.1, 0.15) is 0 Å². The fraction of sp³-hybridized carbons (Fsp3) is 0.100. The van der Waals surface area contributed by atoms with Crippen molar-refractivity contribution in [2.24, 2.45) is 4.99 Å². The molecular weight excluding hydrogens is 348 g/mol. The van der Waals surface area contributed by atoms with Crippen molar-refractivity contribution >= 4 is 47.1 Å². The highest BCUT2D eigenvalue weighted by molar-refractivity contribution is 7.73. The van der Waals surface area contributed by atoms with Crippen LogP contribution in [0.15, 0.2) is 59.6 Å². The molecule has 2 aromatic carbocycles. The van der Waals surface area contributed by atoms with Crippen LogP contribution in [0.25, 0.3) is 11.6 Å². The molecule has 1 N–H and O–H groups in total. The largest absolute Gasteiger partial charge is 0.493 e. The van der Waals surface area contributed by atoms with E-state index in [0.717, 1.165) is 27.3 Å². The van der Waals surface area contributed by atoms with E-state index in [-0.39, 0.29) is 11.9 Å². The summed E-state index contributed by atoms with van der Waals surface area (Å²) < 4.78 is 2.46. The number of para-hydroxylation sites is 1. The van der Waals surface area contributed by atoms with Gasteiger partial charge in [0.25, 0.3) is 0 Å². The van der Waals surface area contributed by atoms with E-state index >= 15 is 0 Å². The first-order valence-electron chi connectivity index (χ1n) is 7.99. The zero-order valence-corrected chi connectivity index (χ0v) is 15.2. The van der Waals surface area contributed by atoms with Gasteiger partial charge in [-0.15, -0.1) is 11.3 Å². The molecule has 0 bridgehead atoms. The molecule has 0 fully saturated rings. The molecule has 0 saturated carbocycles. The van der Waals surface area contributed by atoms with Crippen LogP contribution in [-0.2, 0) is 0 Å². The van der Waals surface area contributed by atoms with Crippen LogP contribution in [0.4, 0.5) is 5.69 Å². The van der Waals surface area contributed by atoms with Gasteiger partial charge in [-0.2, -0.15) is 0 Å². The molecule has 1 aromatic heterocycles. The van der Waals surface area contributed by atoms with Crippen LogP contribution in [0.3, 0.4) is 0 Å². The van der Waals surface area contributed by atoms with Gasteiger partial charge in [-0.05, 0) is 36.8 Å². The highest BCUT2D eigenvalue weighted by Crippen LogP contribution is 2.37. The lowest BCUT2D eigenvalue weighted by atomic mass is 10.1. The maximum absolute atomic E-state index is 10.8. The summed E-state index contributed by atoms with van der Waals surface area (Å²) in [6.07, 6.45) is 3.79. The summed E-state index contributed by atoms with van der Waals surface area (Å²) in [6.45, 7) is 2.04. The van der Waals surface area contributed by atoms with E-state index < -0.39 is 0 Å². The first-order chi connectivity index (χ1) is 12.1. The molecule has 0 unspecified atom stereocenters. The third-order valence-electron chi connectivity index (χ3n) is 4.36. The van der Waals surface area contributed by atoms with E-state index in [0.29, 0.717) is 3.95 Å². The van der Waals surface area contributed by atoms with Crippen LogP contribution in [0.2, 0.25) is 0 Å². The quantitative estimate of drug-likeness (QED) is 0.592. The van der Waals surface area contributed by atoms with Crippen molar-refractivity contribution in [1.82, 2.24) is 4.57 Å². The van der Waals surface area contributed by atoms with Crippen LogP contribution >= 0.6 is 23.6 Å². The molecule has 0 aliphatic carbocycles. The Labute approximate surface area is 155 Å². The van der Waals surface area contributed by atoms with Crippen molar-refractivity contribution in [1.29, 1.82) is 0 Å². The van der Waals surface area contributed by atoms with Crippen molar-refractivity contribution in [3.05, 3.63) is 74.6 Å². The Morgan fingerprint density at radius 1 is 1.12 bits per heavy atom. The lowest BCUT2D eigenvalue weighted by molar-refractivity contribution is 0.404. The molecule has 25 heavy (non-hydrogen) atoms. The van der Waals surface area contributed by atoms with Gasteiger partial charge in [0.05, 0.1) is 16.6 Å². The fourth-order valence-electron chi connectivity index (χ4n) is 3.01. The summed E-state index contributed by atoms with van der Waals surface area (Å²) in [5.74, 6) is 0.205. The smallest absolute Gasteiger partial charge is 0.211 e. The van der Waals surface area contributed by atoms with Crippen molar-refractivity contribution in [2.45, 2.75) is 13.0 Å². The van der Waals surface area contributed by atoms with Crippen LogP contribution in [0, 0.1) is 3.95 Å². The molecule has 3 aromatic rings. The minimum absolute atomic E-state index is 0.0263. The highest BCUT2D eigenvalue weighted by Gasteiger charge is 2.18. The molecular formula is C20H16N2OS2. The number of fused-ring (bicyclic) bond motifs is 1. The first-order valence-corrected chi connectivity index (χ1v) is 9.22. The molecule has 5 heteroatoms. The molecule has 1 aliphatic rings. The molecule has 0 saturated heterocycles. The number of rotatable bonds is 3. The third-order valence-corrected chi connectivity index (χ3v) is 5.69. The van der Waals surface area contributed by atoms with Crippen LogP contribution < -0.4 is 0 Å². The number of hydrogen-bond acceptors (Lipinski definition) is 4. The summed E-state index contributed by atoms with van der Waals surface area (Å²) in [5.41, 5.74) is 4.12. The maximum Gasteiger partial charge on any atom is 0.211 e. The average molecular weight is 364 g/mol. The number of aromatic nitrogens is 1. The first kappa shape index (κ1) is 16.0. The second-order valence-corrected chi connectivity index (χ2v) is 7.56. The van der Waals surface area contributed by atoms with Crippen molar-refractivity contribution in [3.63, 3.8) is 0 Å². The second kappa shape index (κ2) is 6.43. The van der Waals surface area contributed by atoms with Crippen LogP contribution in [-0.4, -0.2) is 15.9 Å². The van der Waals surface area contributed by atoms with E-state index in [1.54, 1.807) is 4.57 Å². The number of allylic oxidation sites excluding steroid dienone is 1. The van der Waals surface area contributed by atoms with Gasteiger partial charge < -0.3 is 5.11 Å². The van der Waals surface area contributed by atoms with Gasteiger partial charge in [0.15, 0.2) is 3.95 Å². The summed E-state index contributed by atoms with van der Waals surface area (Å²) >= 11 is 6.93. The lowest BCUT2D eigenvalue weighted by Crippen LogP contribution is -2.05. The SMILES string of the molecule is C[C@@H](c1ccccc1)n1c(O)c(/C=C2\C=Nc3ccccc32)sc1=S. The monoisotopic (exact) mass is 364 g/mol. The number of aliphatic imine (C=N–C) groups is 1. The highest BCUT2D eigenvalue weighted by atomic mass is 32.1. The Balaban J connectivity index is 1.76. The average Bonchev–Trinajstić information content (AvgIpc) is 3.17. The molecule has 3 nitrogen and oxygen atoms in total. The zero-order valence-electron chi connectivity index (χ0n) is 13.6. The Hall–Kier alpha value is -2.50. The molecule has 0 radical (unpaired) electrons. The number of benzene rings is 2. The Kier molecular flexibility index (Phi) is 4.11. The topological polar surface area (TPSA) is 37.5 Å². The Morgan fingerprint density at radius 2 is 1.84 bits per heavy atom. The van der Waals surface area contributed by atoms with Gasteiger partial charge in [0.2, 0.25) is 5.88 Å². The van der Waals surface area contributed by atoms with Crippen molar-refractivity contribution in [3.8, 4) is 5.88 Å². The Bertz CT molecular complexity index is 1050. The predicted molar refractivity (Wildman–Crippen MR) is 108 cm³/mol. The molecule has 0 amide bonds. The van der Waals surface area contributed by atoms with E-state index in [1.165, 1.54) is 11.3 Å². The van der Waals surface area contributed by atoms with Gasteiger partial charge in [-0.25, -0.2) is 0 Å². The summed E-state index contributed by atoms with van der Waals surface area (Å²) in [4.78, 5) is 5.17. The summed E-state index contributed by atoms with van der Waals surface area (Å²) in [6, 6.07) is 18.0. The number of nitrogens with zero attached hydrogens (tertiary/aromatic N) is 2. The maximum atomic E-state index is 10.8. The minimum atomic E-state index is -0.0263. The van der Waals surface area contributed by atoms with Crippen LogP contribution in [0.1, 0.15) is 29.0 Å². The van der Waals surface area contributed by atoms with Crippen molar-refractivity contribution < 1.29 is 5.11 Å². The molecule has 1 atom stereocenters. The molecule has 0 spiro atoms. The molecule has 124 valence electrons. The standard InChI is InChI=1S/C20H16N2OS2/c1-13(14-7-3-2-4-8-14)22-19(23)18(25-20(22)24)11-15-12-21-17-10-6-5-9-16(15)17/h2-13,23H,1H3/b15-11+/t13-/m0/s1. The molecule has 1 aliphatic heterocycles. The summed E-state index contributed by atoms with van der Waals surface area (Å²) in [5, 5.41) is 10.8. The van der Waals surface area contributed by atoms with Gasteiger partial charge >= 0.3 is 0 Å². The predicted octanol–water partition coefficient (Wildman–Crippen LogP) is 5.85. The number of hydrogen-bond donors (Lipinski definition) is 1. The minimum Gasteiger partial charge on any atom is -0.493 e. The van der Waals surface area contributed by atoms with E-state index in [2.05, 4.69) is 4.99 Å². The second-order valence-electron chi connectivity index (χ2n) is 5.89. The van der Waals surface area contributed by atoms with E-state index in [1.807, 2.05) is 73.8 Å². The van der Waals surface area contributed by atoms with E-state index in [4.69, 9.17) is 12.2 Å². The van der Waals surface area contributed by atoms with Gasteiger partial charge in [-0.3, -0.25) is 9.56 Å². The molecule has 4 rings (SSSR count). The number of thiazole rings is 1. The van der Waals surface area contributed by atoms with E-state index in [9.17, 15) is 5.11 Å². The Morgan fingerprint density at radius 3 is 2.64 bits per heavy atom. The zero-order chi connectivity index (χ0) is 17.4.